The van der Waals surface area contributed by atoms with E-state index in [-0.39, 0.29) is 18.9 Å². The molecule has 0 fully saturated rings. The van der Waals surface area contributed by atoms with Crippen molar-refractivity contribution in [1.82, 2.24) is 14.5 Å². The summed E-state index contributed by atoms with van der Waals surface area (Å²) in [5, 5.41) is 27.0. The van der Waals surface area contributed by atoms with Crippen LogP contribution in [0.4, 0.5) is 5.88 Å². The molecule has 10 heteroatoms. The second-order valence-electron chi connectivity index (χ2n) is 3.77. The minimum Gasteiger partial charge on any atom is -0.400 e. The van der Waals surface area contributed by atoms with Crippen molar-refractivity contribution in [3.05, 3.63) is 44.3 Å². The van der Waals surface area contributed by atoms with Crippen LogP contribution in [0.1, 0.15) is 11.6 Å². The van der Waals surface area contributed by atoms with E-state index in [4.69, 9.17) is 9.52 Å². The lowest BCUT2D eigenvalue weighted by molar-refractivity contribution is -0.402. The number of hydrogen-bond acceptors (Lipinski definition) is 7. The summed E-state index contributed by atoms with van der Waals surface area (Å²) in [4.78, 5) is 21.6. The van der Waals surface area contributed by atoms with Gasteiger partial charge in [0.1, 0.15) is 4.92 Å². The van der Waals surface area contributed by atoms with Gasteiger partial charge >= 0.3 is 11.6 Å². The minimum atomic E-state index is -0.673. The fraction of sp³-hybridized carbons (Fsp3) is 0.300. The van der Waals surface area contributed by atoms with E-state index in [1.807, 2.05) is 0 Å². The van der Waals surface area contributed by atoms with Gasteiger partial charge in [0, 0.05) is 0 Å². The standard InChI is InChI=1S/C10H11N5O5/c1-7-12-13(4-5-16)10(17)14(7)11-6-8-2-3-9(20-8)15(18)19/h2-3,6,16H,4-5H2,1H3/b11-6+. The van der Waals surface area contributed by atoms with Gasteiger partial charge in [-0.25, -0.2) is 9.48 Å². The van der Waals surface area contributed by atoms with Gasteiger partial charge in [0.05, 0.1) is 25.4 Å². The number of rotatable bonds is 5. The Hall–Kier alpha value is -2.75. The fourth-order valence-corrected chi connectivity index (χ4v) is 1.51. The first kappa shape index (κ1) is 13.7. The van der Waals surface area contributed by atoms with E-state index >= 15 is 0 Å². The number of hydrogen-bond donors (Lipinski definition) is 1. The lowest BCUT2D eigenvalue weighted by Crippen LogP contribution is -2.24. The zero-order chi connectivity index (χ0) is 14.7. The van der Waals surface area contributed by atoms with Crippen LogP contribution in [0.15, 0.2) is 26.4 Å². The van der Waals surface area contributed by atoms with Crippen LogP contribution in [0, 0.1) is 17.0 Å². The van der Waals surface area contributed by atoms with Crippen molar-refractivity contribution >= 4 is 12.1 Å². The van der Waals surface area contributed by atoms with Crippen molar-refractivity contribution in [2.24, 2.45) is 5.10 Å². The summed E-state index contributed by atoms with van der Waals surface area (Å²) < 4.78 is 6.94. The van der Waals surface area contributed by atoms with E-state index < -0.39 is 16.5 Å². The SMILES string of the molecule is Cc1nn(CCO)c(=O)n1/N=C/c1ccc([N+](=O)[O-])o1. The topological polar surface area (TPSA) is 129 Å². The van der Waals surface area contributed by atoms with Crippen LogP contribution >= 0.6 is 0 Å². The molecule has 0 radical (unpaired) electrons. The highest BCUT2D eigenvalue weighted by atomic mass is 16.6. The lowest BCUT2D eigenvalue weighted by Gasteiger charge is -1.92. The van der Waals surface area contributed by atoms with Crippen molar-refractivity contribution in [1.29, 1.82) is 0 Å². The Balaban J connectivity index is 2.26. The monoisotopic (exact) mass is 281 g/mol. The molecule has 10 nitrogen and oxygen atoms in total. The largest absolute Gasteiger partial charge is 0.433 e. The van der Waals surface area contributed by atoms with Gasteiger partial charge in [0.15, 0.2) is 11.6 Å². The molecule has 0 aliphatic heterocycles. The molecule has 2 rings (SSSR count). The first-order valence-electron chi connectivity index (χ1n) is 5.59. The third kappa shape index (κ3) is 2.64. The Kier molecular flexibility index (Phi) is 3.75. The van der Waals surface area contributed by atoms with Gasteiger partial charge in [-0.15, -0.1) is 0 Å². The van der Waals surface area contributed by atoms with Gasteiger partial charge in [-0.05, 0) is 13.0 Å². The van der Waals surface area contributed by atoms with Crippen molar-refractivity contribution in [3.8, 4) is 0 Å². The highest BCUT2D eigenvalue weighted by Crippen LogP contribution is 2.13. The van der Waals surface area contributed by atoms with Crippen LogP contribution in [0.25, 0.3) is 0 Å². The molecule has 2 aromatic heterocycles. The molecule has 2 heterocycles. The molecule has 1 N–H and O–H groups in total. The zero-order valence-electron chi connectivity index (χ0n) is 10.5. The van der Waals surface area contributed by atoms with E-state index in [9.17, 15) is 14.9 Å². The van der Waals surface area contributed by atoms with E-state index in [0.717, 1.165) is 9.36 Å². The molecule has 0 saturated carbocycles. The molecule has 0 bridgehead atoms. The smallest absolute Gasteiger partial charge is 0.400 e. The molecule has 0 aliphatic carbocycles. The number of nitro groups is 1. The maximum absolute atomic E-state index is 11.8. The summed E-state index contributed by atoms with van der Waals surface area (Å²) in [6, 6.07) is 2.55. The third-order valence-corrected chi connectivity index (χ3v) is 2.38. The number of aliphatic hydroxyl groups is 1. The van der Waals surface area contributed by atoms with Crippen molar-refractivity contribution in [2.75, 3.05) is 6.61 Å². The maximum Gasteiger partial charge on any atom is 0.433 e. The molecule has 0 aromatic carbocycles. The molecule has 0 amide bonds. The average Bonchev–Trinajstić information content (AvgIpc) is 2.95. The van der Waals surface area contributed by atoms with Gasteiger partial charge in [-0.3, -0.25) is 10.1 Å². The summed E-state index contributed by atoms with van der Waals surface area (Å²) in [5.74, 6) is 0.0464. The minimum absolute atomic E-state index is 0.0639. The summed E-state index contributed by atoms with van der Waals surface area (Å²) in [5.41, 5.74) is -0.520. The lowest BCUT2D eigenvalue weighted by atomic mass is 10.5. The van der Waals surface area contributed by atoms with Crippen LogP contribution in [0.3, 0.4) is 0 Å². The van der Waals surface area contributed by atoms with Crippen LogP contribution in [0.2, 0.25) is 0 Å². The molecular weight excluding hydrogens is 270 g/mol. The van der Waals surface area contributed by atoms with Gasteiger partial charge in [0.25, 0.3) is 0 Å². The number of aryl methyl sites for hydroxylation is 1. The molecule has 0 spiro atoms. The van der Waals surface area contributed by atoms with Gasteiger partial charge < -0.3 is 9.52 Å². The average molecular weight is 281 g/mol. The second kappa shape index (κ2) is 5.48. The van der Waals surface area contributed by atoms with Crippen molar-refractivity contribution in [3.63, 3.8) is 0 Å². The molecular formula is C10H11N5O5. The molecule has 20 heavy (non-hydrogen) atoms. The third-order valence-electron chi connectivity index (χ3n) is 2.38. The molecule has 0 saturated heterocycles. The number of aromatic nitrogens is 3. The zero-order valence-corrected chi connectivity index (χ0v) is 10.5. The van der Waals surface area contributed by atoms with Crippen LogP contribution < -0.4 is 5.69 Å². The predicted molar refractivity (Wildman–Crippen MR) is 66.7 cm³/mol. The van der Waals surface area contributed by atoms with Crippen LogP contribution in [-0.4, -0.2) is 37.3 Å². The highest BCUT2D eigenvalue weighted by molar-refractivity contribution is 5.76. The van der Waals surface area contributed by atoms with Crippen molar-refractivity contribution < 1.29 is 14.4 Å². The van der Waals surface area contributed by atoms with E-state index in [1.54, 1.807) is 6.92 Å². The van der Waals surface area contributed by atoms with Crippen LogP contribution in [-0.2, 0) is 6.54 Å². The quantitative estimate of drug-likeness (QED) is 0.456. The molecule has 0 unspecified atom stereocenters. The summed E-state index contributed by atoms with van der Waals surface area (Å²) >= 11 is 0. The maximum atomic E-state index is 11.8. The summed E-state index contributed by atoms with van der Waals surface area (Å²) in [7, 11) is 0. The first-order valence-corrected chi connectivity index (χ1v) is 5.59. The number of aliphatic hydroxyl groups excluding tert-OH is 1. The molecule has 2 aromatic rings. The van der Waals surface area contributed by atoms with Gasteiger partial charge in [0.2, 0.25) is 0 Å². The van der Waals surface area contributed by atoms with E-state index in [1.165, 1.54) is 18.3 Å². The summed E-state index contributed by atoms with van der Waals surface area (Å²) in [6.45, 7) is 1.41. The molecule has 0 atom stereocenters. The number of furan rings is 1. The Morgan fingerprint density at radius 1 is 1.60 bits per heavy atom. The van der Waals surface area contributed by atoms with Gasteiger partial charge in [-0.1, -0.05) is 0 Å². The predicted octanol–water partition coefficient (Wildman–Crippen LogP) is -0.271. The normalized spacial score (nSPS) is 11.3. The van der Waals surface area contributed by atoms with Crippen molar-refractivity contribution in [2.45, 2.75) is 13.5 Å². The van der Waals surface area contributed by atoms with Gasteiger partial charge in [-0.2, -0.15) is 14.9 Å². The fourth-order valence-electron chi connectivity index (χ4n) is 1.51. The second-order valence-corrected chi connectivity index (χ2v) is 3.77. The summed E-state index contributed by atoms with van der Waals surface area (Å²) in [6.07, 6.45) is 1.17. The number of nitrogens with zero attached hydrogens (tertiary/aromatic N) is 5. The van der Waals surface area contributed by atoms with Crippen LogP contribution in [0.5, 0.6) is 0 Å². The van der Waals surface area contributed by atoms with E-state index in [0.29, 0.717) is 5.82 Å². The molecule has 0 aliphatic rings. The Labute approximate surface area is 111 Å². The Morgan fingerprint density at radius 3 is 2.95 bits per heavy atom. The Bertz CT molecular complexity index is 710. The first-order chi connectivity index (χ1) is 9.52. The molecule has 106 valence electrons. The Morgan fingerprint density at radius 2 is 2.35 bits per heavy atom. The highest BCUT2D eigenvalue weighted by Gasteiger charge is 2.11. The van der Waals surface area contributed by atoms with E-state index in [2.05, 4.69) is 10.2 Å².